The molecule has 182 valence electrons. The van der Waals surface area contributed by atoms with Crippen LogP contribution < -0.4 is 10.0 Å². The second-order valence-electron chi connectivity index (χ2n) is 9.44. The van der Waals surface area contributed by atoms with E-state index in [0.29, 0.717) is 24.4 Å². The van der Waals surface area contributed by atoms with E-state index in [0.717, 1.165) is 25.2 Å². The highest BCUT2D eigenvalue weighted by Gasteiger charge is 2.39. The van der Waals surface area contributed by atoms with Crippen molar-refractivity contribution in [3.05, 3.63) is 77.4 Å². The SMILES string of the molecule is CCCS(=O)(=O)NC(=O)C=Cc1ccc(CN2CCC(N[C@@H]3C[C@H]3c3ccccc3)CC2)cc1. The predicted molar refractivity (Wildman–Crippen MR) is 137 cm³/mol. The van der Waals surface area contributed by atoms with Crippen LogP contribution in [0.2, 0.25) is 0 Å². The van der Waals surface area contributed by atoms with E-state index in [2.05, 4.69) is 57.4 Å². The summed E-state index contributed by atoms with van der Waals surface area (Å²) in [5.74, 6) is 0.0116. The van der Waals surface area contributed by atoms with Crippen LogP contribution in [0.5, 0.6) is 0 Å². The molecule has 2 N–H and O–H groups in total. The third kappa shape index (κ3) is 7.26. The van der Waals surface area contributed by atoms with Crippen LogP contribution in [0.4, 0.5) is 0 Å². The summed E-state index contributed by atoms with van der Waals surface area (Å²) in [4.78, 5) is 14.3. The van der Waals surface area contributed by atoms with Gasteiger partial charge in [-0.25, -0.2) is 13.1 Å². The Hall–Kier alpha value is -2.48. The number of nitrogens with one attached hydrogen (secondary N) is 2. The summed E-state index contributed by atoms with van der Waals surface area (Å²) < 4.78 is 25.4. The van der Waals surface area contributed by atoms with Crippen molar-refractivity contribution in [2.75, 3.05) is 18.8 Å². The Morgan fingerprint density at radius 3 is 2.44 bits per heavy atom. The minimum Gasteiger partial charge on any atom is -0.311 e. The summed E-state index contributed by atoms with van der Waals surface area (Å²) in [7, 11) is -3.54. The van der Waals surface area contributed by atoms with Gasteiger partial charge in [0.1, 0.15) is 0 Å². The van der Waals surface area contributed by atoms with E-state index >= 15 is 0 Å². The largest absolute Gasteiger partial charge is 0.311 e. The molecule has 4 rings (SSSR count). The molecule has 7 heteroatoms. The molecule has 1 aliphatic heterocycles. The van der Waals surface area contributed by atoms with Gasteiger partial charge < -0.3 is 5.32 Å². The third-order valence-electron chi connectivity index (χ3n) is 6.60. The van der Waals surface area contributed by atoms with Gasteiger partial charge in [0.15, 0.2) is 0 Å². The molecule has 1 saturated heterocycles. The summed E-state index contributed by atoms with van der Waals surface area (Å²) in [6.07, 6.45) is 6.97. The Morgan fingerprint density at radius 2 is 1.76 bits per heavy atom. The molecule has 0 radical (unpaired) electrons. The first-order valence-electron chi connectivity index (χ1n) is 12.3. The van der Waals surface area contributed by atoms with Gasteiger partial charge in [0, 0.05) is 30.6 Å². The van der Waals surface area contributed by atoms with E-state index < -0.39 is 15.9 Å². The summed E-state index contributed by atoms with van der Waals surface area (Å²) >= 11 is 0. The molecule has 0 spiro atoms. The Kier molecular flexibility index (Phi) is 8.19. The molecular weight excluding hydrogens is 446 g/mol. The highest BCUT2D eigenvalue weighted by Crippen LogP contribution is 2.41. The quantitative estimate of drug-likeness (QED) is 0.507. The maximum absolute atomic E-state index is 11.8. The molecule has 1 amide bonds. The highest BCUT2D eigenvalue weighted by atomic mass is 32.2. The van der Waals surface area contributed by atoms with Crippen molar-refractivity contribution in [3.8, 4) is 0 Å². The van der Waals surface area contributed by atoms with Crippen molar-refractivity contribution < 1.29 is 13.2 Å². The van der Waals surface area contributed by atoms with Gasteiger partial charge in [-0.05, 0) is 61.5 Å². The molecule has 2 fully saturated rings. The zero-order valence-corrected chi connectivity index (χ0v) is 20.6. The van der Waals surface area contributed by atoms with Gasteiger partial charge in [-0.2, -0.15) is 0 Å². The second kappa shape index (κ2) is 11.3. The number of carbonyl (C=O) groups is 1. The number of nitrogens with zero attached hydrogens (tertiary/aromatic N) is 1. The molecule has 34 heavy (non-hydrogen) atoms. The Balaban J connectivity index is 1.18. The van der Waals surface area contributed by atoms with Crippen LogP contribution in [0.3, 0.4) is 0 Å². The molecule has 0 bridgehead atoms. The van der Waals surface area contributed by atoms with Crippen molar-refractivity contribution >= 4 is 22.0 Å². The average Bonchev–Trinajstić information content (AvgIpc) is 3.59. The molecule has 1 saturated carbocycles. The first kappa shape index (κ1) is 24.6. The van der Waals surface area contributed by atoms with Gasteiger partial charge in [-0.1, -0.05) is 61.5 Å². The molecule has 1 aliphatic carbocycles. The average molecular weight is 482 g/mol. The molecular formula is C27H35N3O3S. The van der Waals surface area contributed by atoms with E-state index in [9.17, 15) is 13.2 Å². The number of carbonyl (C=O) groups excluding carboxylic acids is 1. The number of hydrogen-bond donors (Lipinski definition) is 2. The minimum absolute atomic E-state index is 0.0522. The molecule has 2 aromatic rings. The lowest BCUT2D eigenvalue weighted by Crippen LogP contribution is -2.43. The molecule has 0 aromatic heterocycles. The Labute approximate surface area is 203 Å². The number of amides is 1. The Bertz CT molecular complexity index is 1080. The molecule has 2 aromatic carbocycles. The van der Waals surface area contributed by atoms with Crippen LogP contribution in [0.1, 0.15) is 55.2 Å². The number of benzene rings is 2. The molecule has 1 heterocycles. The first-order chi connectivity index (χ1) is 16.4. The summed E-state index contributed by atoms with van der Waals surface area (Å²) in [5, 5.41) is 3.87. The summed E-state index contributed by atoms with van der Waals surface area (Å²) in [5.41, 5.74) is 3.56. The third-order valence-corrected chi connectivity index (χ3v) is 8.06. The van der Waals surface area contributed by atoms with Crippen LogP contribution >= 0.6 is 0 Å². The smallest absolute Gasteiger partial charge is 0.257 e. The lowest BCUT2D eigenvalue weighted by atomic mass is 10.0. The fraction of sp³-hybridized carbons (Fsp3) is 0.444. The van der Waals surface area contributed by atoms with Crippen LogP contribution in [0.15, 0.2) is 60.7 Å². The standard InChI is InChI=1S/C27H35N3O3S/c1-2-18-34(32,33)29-27(31)13-12-21-8-10-22(11-9-21)20-30-16-14-24(15-17-30)28-26-19-25(26)23-6-4-3-5-7-23/h3-13,24-26,28H,2,14-20H2,1H3,(H,29,31)/t25-,26+/m0/s1. The van der Waals surface area contributed by atoms with Gasteiger partial charge >= 0.3 is 0 Å². The van der Waals surface area contributed by atoms with Crippen molar-refractivity contribution in [1.29, 1.82) is 0 Å². The lowest BCUT2D eigenvalue weighted by molar-refractivity contribution is -0.114. The van der Waals surface area contributed by atoms with E-state index in [1.54, 1.807) is 13.0 Å². The van der Waals surface area contributed by atoms with Crippen molar-refractivity contribution in [3.63, 3.8) is 0 Å². The van der Waals surface area contributed by atoms with Crippen molar-refractivity contribution in [1.82, 2.24) is 14.9 Å². The first-order valence-corrected chi connectivity index (χ1v) is 13.9. The van der Waals surface area contributed by atoms with Crippen LogP contribution in [-0.2, 0) is 21.4 Å². The number of likely N-dealkylation sites (tertiary alicyclic amines) is 1. The maximum Gasteiger partial charge on any atom is 0.257 e. The number of rotatable bonds is 10. The van der Waals surface area contributed by atoms with E-state index in [4.69, 9.17) is 0 Å². The second-order valence-corrected chi connectivity index (χ2v) is 11.3. The van der Waals surface area contributed by atoms with Gasteiger partial charge in [0.05, 0.1) is 5.75 Å². The van der Waals surface area contributed by atoms with Gasteiger partial charge in [-0.15, -0.1) is 0 Å². The van der Waals surface area contributed by atoms with Crippen LogP contribution in [0, 0.1) is 0 Å². The summed E-state index contributed by atoms with van der Waals surface area (Å²) in [6, 6.07) is 20.1. The summed E-state index contributed by atoms with van der Waals surface area (Å²) in [6.45, 7) is 4.86. The highest BCUT2D eigenvalue weighted by molar-refractivity contribution is 7.90. The lowest BCUT2D eigenvalue weighted by Gasteiger charge is -2.32. The van der Waals surface area contributed by atoms with E-state index in [1.165, 1.54) is 36.5 Å². The van der Waals surface area contributed by atoms with E-state index in [-0.39, 0.29) is 5.75 Å². The van der Waals surface area contributed by atoms with Crippen molar-refractivity contribution in [2.45, 2.75) is 57.2 Å². The zero-order valence-electron chi connectivity index (χ0n) is 19.8. The fourth-order valence-corrected chi connectivity index (χ4v) is 5.69. The number of hydrogen-bond acceptors (Lipinski definition) is 5. The topological polar surface area (TPSA) is 78.5 Å². The molecule has 2 aliphatic rings. The van der Waals surface area contributed by atoms with Crippen molar-refractivity contribution in [2.24, 2.45) is 0 Å². The van der Waals surface area contributed by atoms with Gasteiger partial charge in [0.25, 0.3) is 5.91 Å². The van der Waals surface area contributed by atoms with Gasteiger partial charge in [-0.3, -0.25) is 9.69 Å². The molecule has 2 atom stereocenters. The predicted octanol–water partition coefficient (Wildman–Crippen LogP) is 3.67. The zero-order chi connectivity index (χ0) is 24.0. The maximum atomic E-state index is 11.8. The Morgan fingerprint density at radius 1 is 1.06 bits per heavy atom. The minimum atomic E-state index is -3.54. The number of piperidine rings is 1. The molecule has 0 unspecified atom stereocenters. The van der Waals surface area contributed by atoms with E-state index in [1.807, 2.05) is 12.1 Å². The molecule has 6 nitrogen and oxygen atoms in total. The van der Waals surface area contributed by atoms with Crippen LogP contribution in [-0.4, -0.2) is 50.2 Å². The fourth-order valence-electron chi connectivity index (χ4n) is 4.68. The number of sulfonamides is 1. The normalized spacial score (nSPS) is 21.6. The van der Waals surface area contributed by atoms with Crippen LogP contribution in [0.25, 0.3) is 6.08 Å². The van der Waals surface area contributed by atoms with Gasteiger partial charge in [0.2, 0.25) is 10.0 Å². The monoisotopic (exact) mass is 481 g/mol.